The van der Waals surface area contributed by atoms with Gasteiger partial charge in [0, 0.05) is 12.0 Å². The molecule has 0 fully saturated rings. The van der Waals surface area contributed by atoms with Gasteiger partial charge >= 0.3 is 0 Å². The molecule has 0 aliphatic carbocycles. The van der Waals surface area contributed by atoms with Crippen molar-refractivity contribution in [2.45, 2.75) is 33.5 Å². The van der Waals surface area contributed by atoms with E-state index in [1.807, 2.05) is 13.8 Å². The first-order chi connectivity index (χ1) is 4.98. The summed E-state index contributed by atoms with van der Waals surface area (Å²) < 4.78 is 5.27. The number of rotatable bonds is 5. The molecule has 0 saturated carbocycles. The Bertz CT molecular complexity index is 102. The van der Waals surface area contributed by atoms with Crippen LogP contribution in [0.25, 0.3) is 0 Å². The van der Waals surface area contributed by atoms with Gasteiger partial charge in [0.15, 0.2) is 0 Å². The van der Waals surface area contributed by atoms with E-state index >= 15 is 0 Å². The Morgan fingerprint density at radius 1 is 1.45 bits per heavy atom. The molecule has 0 atom stereocenters. The Balaban J connectivity index is 3.38. The lowest BCUT2D eigenvalue weighted by Gasteiger charge is -2.21. The number of hydrogen-bond donors (Lipinski definition) is 1. The molecule has 65 valence electrons. The van der Waals surface area contributed by atoms with Gasteiger partial charge in [0.2, 0.25) is 0 Å². The minimum atomic E-state index is -0.120. The Kier molecular flexibility index (Phi) is 4.77. The van der Waals surface area contributed by atoms with Crippen molar-refractivity contribution in [3.63, 3.8) is 0 Å². The predicted octanol–water partition coefficient (Wildman–Crippen LogP) is 1.47. The normalized spacial score (nSPS) is 12.2. The SMILES string of the molecule is CC(C)[B]OCC(C)(C)CO. The van der Waals surface area contributed by atoms with Crippen LogP contribution < -0.4 is 0 Å². The Morgan fingerprint density at radius 3 is 2.36 bits per heavy atom. The second-order valence-electron chi connectivity index (χ2n) is 4.01. The van der Waals surface area contributed by atoms with Gasteiger partial charge in [-0.3, -0.25) is 0 Å². The molecular weight excluding hydrogens is 139 g/mol. The van der Waals surface area contributed by atoms with Gasteiger partial charge in [-0.1, -0.05) is 27.7 Å². The molecule has 3 heteroatoms. The summed E-state index contributed by atoms with van der Waals surface area (Å²) in [4.78, 5) is 0. The highest BCUT2D eigenvalue weighted by Gasteiger charge is 2.16. The van der Waals surface area contributed by atoms with Gasteiger partial charge in [-0.2, -0.15) is 0 Å². The second-order valence-corrected chi connectivity index (χ2v) is 4.01. The molecule has 0 unspecified atom stereocenters. The fourth-order valence-corrected chi connectivity index (χ4v) is 0.512. The Hall–Kier alpha value is -0.0151. The Labute approximate surface area is 70.2 Å². The van der Waals surface area contributed by atoms with Crippen LogP contribution in [0.3, 0.4) is 0 Å². The lowest BCUT2D eigenvalue weighted by atomic mass is 9.83. The second kappa shape index (κ2) is 4.78. The van der Waals surface area contributed by atoms with Crippen LogP contribution in [0.5, 0.6) is 0 Å². The van der Waals surface area contributed by atoms with E-state index in [0.29, 0.717) is 12.4 Å². The average Bonchev–Trinajstić information content (AvgIpc) is 1.87. The van der Waals surface area contributed by atoms with E-state index in [1.165, 1.54) is 0 Å². The largest absolute Gasteiger partial charge is 0.440 e. The maximum atomic E-state index is 8.87. The van der Waals surface area contributed by atoms with Crippen LogP contribution in [-0.4, -0.2) is 25.8 Å². The molecule has 0 bridgehead atoms. The monoisotopic (exact) mass is 157 g/mol. The molecule has 0 saturated heterocycles. The van der Waals surface area contributed by atoms with Crippen molar-refractivity contribution in [1.82, 2.24) is 0 Å². The molecular formula is C8H18BO2. The third kappa shape index (κ3) is 6.39. The first-order valence-corrected chi connectivity index (χ1v) is 4.04. The standard InChI is InChI=1S/C8H18BO2/c1-7(2)9-11-6-8(3,4)5-10/h7,10H,5-6H2,1-4H3. The van der Waals surface area contributed by atoms with Gasteiger partial charge in [0.05, 0.1) is 6.61 Å². The highest BCUT2D eigenvalue weighted by atomic mass is 16.4. The summed E-state index contributed by atoms with van der Waals surface area (Å²) in [6.45, 7) is 8.82. The molecule has 0 aromatic heterocycles. The fraction of sp³-hybridized carbons (Fsp3) is 1.00. The summed E-state index contributed by atoms with van der Waals surface area (Å²) in [5.41, 5.74) is -0.120. The van der Waals surface area contributed by atoms with E-state index in [4.69, 9.17) is 9.76 Å². The maximum absolute atomic E-state index is 8.87. The van der Waals surface area contributed by atoms with Crippen LogP contribution in [-0.2, 0) is 4.65 Å². The molecule has 0 aromatic rings. The van der Waals surface area contributed by atoms with Gasteiger partial charge in [0.1, 0.15) is 0 Å². The molecule has 1 radical (unpaired) electrons. The lowest BCUT2D eigenvalue weighted by Crippen LogP contribution is -2.25. The number of aliphatic hydroxyl groups excluding tert-OH is 1. The molecule has 0 aromatic carbocycles. The van der Waals surface area contributed by atoms with Crippen LogP contribution in [0.15, 0.2) is 0 Å². The van der Waals surface area contributed by atoms with Crippen molar-refractivity contribution in [3.8, 4) is 0 Å². The number of aliphatic hydroxyl groups is 1. The van der Waals surface area contributed by atoms with Crippen molar-refractivity contribution in [2.24, 2.45) is 5.41 Å². The van der Waals surface area contributed by atoms with Crippen LogP contribution in [0, 0.1) is 5.41 Å². The van der Waals surface area contributed by atoms with Gasteiger partial charge in [-0.15, -0.1) is 0 Å². The molecule has 0 aliphatic rings. The van der Waals surface area contributed by atoms with Crippen LogP contribution in [0.1, 0.15) is 27.7 Å². The first-order valence-electron chi connectivity index (χ1n) is 4.04. The lowest BCUT2D eigenvalue weighted by molar-refractivity contribution is 0.0991. The molecule has 0 heterocycles. The van der Waals surface area contributed by atoms with E-state index in [-0.39, 0.29) is 12.0 Å². The summed E-state index contributed by atoms with van der Waals surface area (Å²) in [6.07, 6.45) is 0. The molecule has 0 rings (SSSR count). The third-order valence-corrected chi connectivity index (χ3v) is 1.27. The highest BCUT2D eigenvalue weighted by Crippen LogP contribution is 2.14. The molecule has 11 heavy (non-hydrogen) atoms. The molecule has 0 amide bonds. The van der Waals surface area contributed by atoms with Crippen molar-refractivity contribution < 1.29 is 9.76 Å². The molecule has 1 N–H and O–H groups in total. The minimum absolute atomic E-state index is 0.120. The van der Waals surface area contributed by atoms with E-state index in [1.54, 1.807) is 7.48 Å². The zero-order valence-electron chi connectivity index (χ0n) is 7.92. The summed E-state index contributed by atoms with van der Waals surface area (Å²) in [6, 6.07) is 0. The van der Waals surface area contributed by atoms with Crippen molar-refractivity contribution in [3.05, 3.63) is 0 Å². The van der Waals surface area contributed by atoms with Crippen molar-refractivity contribution >= 4 is 7.48 Å². The smallest absolute Gasteiger partial charge is 0.295 e. The average molecular weight is 157 g/mol. The maximum Gasteiger partial charge on any atom is 0.295 e. The topological polar surface area (TPSA) is 29.5 Å². The zero-order chi connectivity index (χ0) is 8.91. The molecule has 0 aliphatic heterocycles. The molecule has 0 spiro atoms. The summed E-state index contributed by atoms with van der Waals surface area (Å²) in [7, 11) is 1.80. The minimum Gasteiger partial charge on any atom is -0.440 e. The summed E-state index contributed by atoms with van der Waals surface area (Å²) in [5, 5.41) is 8.87. The van der Waals surface area contributed by atoms with Gasteiger partial charge in [-0.25, -0.2) is 0 Å². The van der Waals surface area contributed by atoms with Crippen LogP contribution >= 0.6 is 0 Å². The van der Waals surface area contributed by atoms with E-state index in [9.17, 15) is 0 Å². The fourth-order valence-electron chi connectivity index (χ4n) is 0.512. The van der Waals surface area contributed by atoms with E-state index in [0.717, 1.165) is 0 Å². The predicted molar refractivity (Wildman–Crippen MR) is 47.7 cm³/mol. The summed E-state index contributed by atoms with van der Waals surface area (Å²) in [5.74, 6) is 0.449. The quantitative estimate of drug-likeness (QED) is 0.612. The van der Waals surface area contributed by atoms with Gasteiger partial charge in [-0.05, 0) is 5.82 Å². The zero-order valence-corrected chi connectivity index (χ0v) is 7.92. The van der Waals surface area contributed by atoms with Crippen LogP contribution in [0.4, 0.5) is 0 Å². The highest BCUT2D eigenvalue weighted by molar-refractivity contribution is 6.29. The summed E-state index contributed by atoms with van der Waals surface area (Å²) >= 11 is 0. The van der Waals surface area contributed by atoms with E-state index in [2.05, 4.69) is 13.8 Å². The first kappa shape index (κ1) is 11.0. The van der Waals surface area contributed by atoms with Crippen molar-refractivity contribution in [1.29, 1.82) is 0 Å². The third-order valence-electron chi connectivity index (χ3n) is 1.27. The van der Waals surface area contributed by atoms with E-state index < -0.39 is 0 Å². The van der Waals surface area contributed by atoms with Gasteiger partial charge < -0.3 is 9.76 Å². The number of hydrogen-bond acceptors (Lipinski definition) is 2. The van der Waals surface area contributed by atoms with Crippen molar-refractivity contribution in [2.75, 3.05) is 13.2 Å². The Morgan fingerprint density at radius 2 is 2.00 bits per heavy atom. The van der Waals surface area contributed by atoms with Gasteiger partial charge in [0.25, 0.3) is 7.48 Å². The van der Waals surface area contributed by atoms with Crippen LogP contribution in [0.2, 0.25) is 5.82 Å². The molecule has 2 nitrogen and oxygen atoms in total.